The van der Waals surface area contributed by atoms with E-state index in [1.54, 1.807) is 4.90 Å². The molecule has 1 aliphatic heterocycles. The van der Waals surface area contributed by atoms with Crippen molar-refractivity contribution in [3.05, 3.63) is 29.3 Å². The van der Waals surface area contributed by atoms with E-state index in [1.807, 2.05) is 51.0 Å². The van der Waals surface area contributed by atoms with Crippen LogP contribution in [0.2, 0.25) is 0 Å². The molecule has 1 aliphatic rings. The number of rotatable bonds is 7. The van der Waals surface area contributed by atoms with Gasteiger partial charge in [0.25, 0.3) is 0 Å². The van der Waals surface area contributed by atoms with Crippen LogP contribution in [0.15, 0.2) is 18.2 Å². The molecule has 2 amide bonds. The Bertz CT molecular complexity index is 734. The summed E-state index contributed by atoms with van der Waals surface area (Å²) in [5, 5.41) is 2.74. The molecule has 26 heavy (non-hydrogen) atoms. The predicted molar refractivity (Wildman–Crippen MR) is 102 cm³/mol. The molecule has 2 rings (SSSR count). The number of carbonyl (C=O) groups is 1. The van der Waals surface area contributed by atoms with E-state index in [2.05, 4.69) is 5.32 Å². The zero-order chi connectivity index (χ0) is 19.3. The van der Waals surface area contributed by atoms with Crippen LogP contribution in [0.1, 0.15) is 17.5 Å². The van der Waals surface area contributed by atoms with Crippen molar-refractivity contribution in [2.75, 3.05) is 45.4 Å². The summed E-state index contributed by atoms with van der Waals surface area (Å²) in [5.41, 5.74) is 2.30. The maximum absolute atomic E-state index is 12.6. The van der Waals surface area contributed by atoms with Crippen LogP contribution in [0.25, 0.3) is 0 Å². The largest absolute Gasteiger partial charge is 0.473 e. The first-order valence-corrected chi connectivity index (χ1v) is 10.6. The van der Waals surface area contributed by atoms with Crippen LogP contribution in [-0.2, 0) is 9.84 Å². The molecule has 1 fully saturated rings. The van der Waals surface area contributed by atoms with Crippen LogP contribution in [0.4, 0.5) is 4.79 Å². The minimum Gasteiger partial charge on any atom is -0.473 e. The summed E-state index contributed by atoms with van der Waals surface area (Å²) in [6.45, 7) is 5.22. The number of benzene rings is 1. The molecule has 8 heteroatoms. The smallest absolute Gasteiger partial charge is 0.320 e. The molecule has 1 saturated heterocycles. The topological polar surface area (TPSA) is 79.0 Å². The van der Waals surface area contributed by atoms with Gasteiger partial charge in [0.1, 0.15) is 5.75 Å². The van der Waals surface area contributed by atoms with Crippen LogP contribution >= 0.6 is 0 Å². The zero-order valence-electron chi connectivity index (χ0n) is 16.0. The van der Waals surface area contributed by atoms with Crippen molar-refractivity contribution in [2.24, 2.45) is 0 Å². The van der Waals surface area contributed by atoms with Crippen LogP contribution in [0, 0.1) is 13.8 Å². The standard InChI is InChI=1S/C18H29N3O4S/c1-14-5-6-17(11-15(14)2)25-13-19-18(22)21(9-8-20(3)4)16-7-10-26(23,24)12-16/h5-6,11,16H,7-10,12-13H2,1-4H3,(H,19,22). The fourth-order valence-corrected chi connectivity index (χ4v) is 4.60. The number of urea groups is 1. The average Bonchev–Trinajstić information content (AvgIpc) is 2.90. The normalized spacial score (nSPS) is 18.7. The van der Waals surface area contributed by atoms with Gasteiger partial charge >= 0.3 is 6.03 Å². The van der Waals surface area contributed by atoms with Crippen molar-refractivity contribution in [3.63, 3.8) is 0 Å². The second kappa shape index (κ2) is 8.73. The number of carbonyl (C=O) groups excluding carboxylic acids is 1. The highest BCUT2D eigenvalue weighted by atomic mass is 32.2. The number of sulfone groups is 1. The summed E-state index contributed by atoms with van der Waals surface area (Å²) < 4.78 is 29.1. The first-order valence-electron chi connectivity index (χ1n) is 8.77. The van der Waals surface area contributed by atoms with Crippen LogP contribution in [-0.4, -0.2) is 75.7 Å². The highest BCUT2D eigenvalue weighted by Crippen LogP contribution is 2.18. The van der Waals surface area contributed by atoms with E-state index in [4.69, 9.17) is 4.74 Å². The number of hydrogen-bond acceptors (Lipinski definition) is 5. The molecule has 7 nitrogen and oxygen atoms in total. The molecule has 1 aromatic rings. The number of nitrogens with one attached hydrogen (secondary N) is 1. The summed E-state index contributed by atoms with van der Waals surface area (Å²) >= 11 is 0. The molecular weight excluding hydrogens is 354 g/mol. The molecule has 1 heterocycles. The van der Waals surface area contributed by atoms with Crippen molar-refractivity contribution in [2.45, 2.75) is 26.3 Å². The molecule has 146 valence electrons. The van der Waals surface area contributed by atoms with E-state index >= 15 is 0 Å². The van der Waals surface area contributed by atoms with Gasteiger partial charge in [-0.1, -0.05) is 6.07 Å². The number of nitrogens with zero attached hydrogens (tertiary/aromatic N) is 2. The van der Waals surface area contributed by atoms with Gasteiger partial charge in [0.2, 0.25) is 0 Å². The quantitative estimate of drug-likeness (QED) is 0.720. The lowest BCUT2D eigenvalue weighted by molar-refractivity contribution is 0.162. The predicted octanol–water partition coefficient (Wildman–Crippen LogP) is 1.40. The van der Waals surface area contributed by atoms with Crippen LogP contribution in [0.5, 0.6) is 5.75 Å². The monoisotopic (exact) mass is 383 g/mol. The van der Waals surface area contributed by atoms with Crippen molar-refractivity contribution in [3.8, 4) is 5.75 Å². The van der Waals surface area contributed by atoms with Gasteiger partial charge in [-0.05, 0) is 57.6 Å². The Hall–Kier alpha value is -1.80. The maximum atomic E-state index is 12.6. The Balaban J connectivity index is 1.93. The van der Waals surface area contributed by atoms with Gasteiger partial charge in [-0.2, -0.15) is 0 Å². The van der Waals surface area contributed by atoms with Crippen molar-refractivity contribution >= 4 is 15.9 Å². The van der Waals surface area contributed by atoms with Crippen molar-refractivity contribution < 1.29 is 17.9 Å². The summed E-state index contributed by atoms with van der Waals surface area (Å²) in [7, 11) is 0.790. The Morgan fingerprint density at radius 3 is 2.54 bits per heavy atom. The fourth-order valence-electron chi connectivity index (χ4n) is 2.87. The van der Waals surface area contributed by atoms with Crippen molar-refractivity contribution in [1.29, 1.82) is 0 Å². The number of ether oxygens (including phenoxy) is 1. The summed E-state index contributed by atoms with van der Waals surface area (Å²) in [6.07, 6.45) is 0.487. The van der Waals surface area contributed by atoms with Gasteiger partial charge in [0.15, 0.2) is 16.6 Å². The molecule has 0 spiro atoms. The first kappa shape index (κ1) is 20.5. The molecule has 1 atom stereocenters. The fraction of sp³-hybridized carbons (Fsp3) is 0.611. The van der Waals surface area contributed by atoms with E-state index in [0.717, 1.165) is 5.56 Å². The third-order valence-corrected chi connectivity index (χ3v) is 6.39. The van der Waals surface area contributed by atoms with Gasteiger partial charge in [-0.3, -0.25) is 0 Å². The highest BCUT2D eigenvalue weighted by molar-refractivity contribution is 7.91. The van der Waals surface area contributed by atoms with E-state index in [1.165, 1.54) is 5.56 Å². The number of likely N-dealkylation sites (N-methyl/N-ethyl adjacent to an activating group) is 1. The van der Waals surface area contributed by atoms with Crippen LogP contribution < -0.4 is 10.1 Å². The Kier molecular flexibility index (Phi) is 6.88. The molecule has 0 aliphatic carbocycles. The molecule has 0 radical (unpaired) electrons. The Labute approximate surface area is 156 Å². The molecule has 0 aromatic heterocycles. The Morgan fingerprint density at radius 2 is 1.96 bits per heavy atom. The second-order valence-electron chi connectivity index (χ2n) is 7.07. The van der Waals surface area contributed by atoms with Gasteiger partial charge in [-0.15, -0.1) is 0 Å². The van der Waals surface area contributed by atoms with Crippen LogP contribution in [0.3, 0.4) is 0 Å². The first-order chi connectivity index (χ1) is 12.2. The van der Waals surface area contributed by atoms with Gasteiger partial charge < -0.3 is 19.9 Å². The third kappa shape index (κ3) is 5.88. The minimum absolute atomic E-state index is 0.0336. The van der Waals surface area contributed by atoms with Gasteiger partial charge in [0, 0.05) is 19.1 Å². The lowest BCUT2D eigenvalue weighted by atomic mass is 10.1. The van der Waals surface area contributed by atoms with E-state index < -0.39 is 9.84 Å². The second-order valence-corrected chi connectivity index (χ2v) is 9.30. The molecule has 0 bridgehead atoms. The number of hydrogen-bond donors (Lipinski definition) is 1. The molecule has 1 N–H and O–H groups in total. The zero-order valence-corrected chi connectivity index (χ0v) is 16.8. The highest BCUT2D eigenvalue weighted by Gasteiger charge is 2.34. The lowest BCUT2D eigenvalue weighted by Gasteiger charge is -2.29. The van der Waals surface area contributed by atoms with E-state index in [9.17, 15) is 13.2 Å². The summed E-state index contributed by atoms with van der Waals surface area (Å²) in [4.78, 5) is 16.2. The van der Waals surface area contributed by atoms with E-state index in [-0.39, 0.29) is 30.3 Å². The van der Waals surface area contributed by atoms with Crippen molar-refractivity contribution in [1.82, 2.24) is 15.1 Å². The molecule has 1 unspecified atom stereocenters. The summed E-state index contributed by atoms with van der Waals surface area (Å²) in [5.74, 6) is 0.866. The summed E-state index contributed by atoms with van der Waals surface area (Å²) in [6, 6.07) is 5.19. The number of amides is 2. The average molecular weight is 384 g/mol. The molecular formula is C18H29N3O4S. The van der Waals surface area contributed by atoms with Gasteiger partial charge in [-0.25, -0.2) is 13.2 Å². The number of aryl methyl sites for hydroxylation is 2. The molecule has 1 aromatic carbocycles. The minimum atomic E-state index is -3.05. The lowest BCUT2D eigenvalue weighted by Crippen LogP contribution is -2.49. The molecule has 0 saturated carbocycles. The Morgan fingerprint density at radius 1 is 1.23 bits per heavy atom. The third-order valence-electron chi connectivity index (χ3n) is 4.64. The van der Waals surface area contributed by atoms with E-state index in [0.29, 0.717) is 25.3 Å². The SMILES string of the molecule is Cc1ccc(OCNC(=O)N(CCN(C)C)C2CCS(=O)(=O)C2)cc1C. The maximum Gasteiger partial charge on any atom is 0.320 e. The van der Waals surface area contributed by atoms with Gasteiger partial charge in [0.05, 0.1) is 11.5 Å².